The predicted octanol–water partition coefficient (Wildman–Crippen LogP) is 3.18. The summed E-state index contributed by atoms with van der Waals surface area (Å²) in [5, 5.41) is 0. The first-order valence-electron chi connectivity index (χ1n) is 7.28. The molecule has 4 heteroatoms. The monoisotopic (exact) mass is 277 g/mol. The fourth-order valence-corrected chi connectivity index (χ4v) is 3.10. The maximum atomic E-state index is 6.26. The lowest BCUT2D eigenvalue weighted by Crippen LogP contribution is -2.32. The van der Waals surface area contributed by atoms with Gasteiger partial charge in [0.25, 0.3) is 0 Å². The van der Waals surface area contributed by atoms with Gasteiger partial charge in [0.1, 0.15) is 6.10 Å². The van der Waals surface area contributed by atoms with Crippen molar-refractivity contribution in [2.75, 3.05) is 7.11 Å². The lowest BCUT2D eigenvalue weighted by atomic mass is 9.74. The zero-order valence-electron chi connectivity index (χ0n) is 13.5. The van der Waals surface area contributed by atoms with Gasteiger partial charge in [-0.25, -0.2) is 9.97 Å². The Morgan fingerprint density at radius 1 is 1.40 bits per heavy atom. The van der Waals surface area contributed by atoms with Crippen molar-refractivity contribution >= 4 is 0 Å². The molecule has 4 nitrogen and oxygen atoms in total. The summed E-state index contributed by atoms with van der Waals surface area (Å²) < 4.78 is 5.61. The summed E-state index contributed by atoms with van der Waals surface area (Å²) in [6.45, 7) is 10.9. The van der Waals surface area contributed by atoms with E-state index in [-0.39, 0.29) is 23.0 Å². The van der Waals surface area contributed by atoms with E-state index in [4.69, 9.17) is 15.5 Å². The van der Waals surface area contributed by atoms with Crippen LogP contribution < -0.4 is 5.73 Å². The summed E-state index contributed by atoms with van der Waals surface area (Å²) in [4.78, 5) is 9.29. The van der Waals surface area contributed by atoms with Gasteiger partial charge in [0.15, 0.2) is 5.82 Å². The van der Waals surface area contributed by atoms with Crippen LogP contribution in [0.4, 0.5) is 0 Å². The molecular weight excluding hydrogens is 250 g/mol. The Bertz CT molecular complexity index is 491. The van der Waals surface area contributed by atoms with Crippen molar-refractivity contribution in [1.29, 1.82) is 0 Å². The molecule has 0 saturated heterocycles. The largest absolute Gasteiger partial charge is 0.373 e. The molecule has 0 aliphatic heterocycles. The average Bonchev–Trinajstić information content (AvgIpc) is 2.25. The Labute approximate surface area is 122 Å². The second-order valence-corrected chi connectivity index (χ2v) is 7.76. The number of aromatic nitrogens is 2. The Kier molecular flexibility index (Phi) is 3.91. The van der Waals surface area contributed by atoms with Gasteiger partial charge in [-0.1, -0.05) is 34.6 Å². The van der Waals surface area contributed by atoms with E-state index < -0.39 is 0 Å². The maximum Gasteiger partial charge on any atom is 0.157 e. The standard InChI is InChI=1S/C16H27N3O/c1-15(2,3)13(20-6)14-18-9-10-11(17)7-16(4,5)8-12(10)19-14/h9,11,13H,7-8,17H2,1-6H3. The van der Waals surface area contributed by atoms with Gasteiger partial charge in [0.2, 0.25) is 0 Å². The zero-order chi connectivity index (χ0) is 15.1. The fraction of sp³-hybridized carbons (Fsp3) is 0.750. The second kappa shape index (κ2) is 5.08. The quantitative estimate of drug-likeness (QED) is 0.902. The molecule has 20 heavy (non-hydrogen) atoms. The smallest absolute Gasteiger partial charge is 0.157 e. The summed E-state index contributed by atoms with van der Waals surface area (Å²) in [5.74, 6) is 0.767. The molecule has 1 aliphatic carbocycles. The van der Waals surface area contributed by atoms with Gasteiger partial charge in [-0.2, -0.15) is 0 Å². The molecule has 112 valence electrons. The molecule has 0 amide bonds. The number of methoxy groups -OCH3 is 1. The molecule has 0 spiro atoms. The van der Waals surface area contributed by atoms with E-state index in [1.807, 2.05) is 6.20 Å². The summed E-state index contributed by atoms with van der Waals surface area (Å²) in [6, 6.07) is 0.0402. The van der Waals surface area contributed by atoms with Crippen LogP contribution in [0.5, 0.6) is 0 Å². The summed E-state index contributed by atoms with van der Waals surface area (Å²) in [6.07, 6.45) is 3.73. The molecule has 0 radical (unpaired) electrons. The number of fused-ring (bicyclic) bond motifs is 1. The summed E-state index contributed by atoms with van der Waals surface area (Å²) in [5.41, 5.74) is 8.60. The number of nitrogens with zero attached hydrogens (tertiary/aromatic N) is 2. The molecule has 2 rings (SSSR count). The lowest BCUT2D eigenvalue weighted by Gasteiger charge is -2.35. The minimum Gasteiger partial charge on any atom is -0.373 e. The van der Waals surface area contributed by atoms with Gasteiger partial charge in [0.05, 0.1) is 0 Å². The Morgan fingerprint density at radius 3 is 2.60 bits per heavy atom. The molecule has 1 aromatic heterocycles. The predicted molar refractivity (Wildman–Crippen MR) is 80.3 cm³/mol. The Morgan fingerprint density at radius 2 is 2.05 bits per heavy atom. The van der Waals surface area contributed by atoms with Crippen LogP contribution in [0.15, 0.2) is 6.20 Å². The topological polar surface area (TPSA) is 61.0 Å². The van der Waals surface area contributed by atoms with Crippen molar-refractivity contribution in [3.8, 4) is 0 Å². The molecule has 0 aromatic carbocycles. The molecule has 1 aliphatic rings. The summed E-state index contributed by atoms with van der Waals surface area (Å²) in [7, 11) is 1.72. The molecule has 0 fully saturated rings. The van der Waals surface area contributed by atoms with Crippen LogP contribution in [0, 0.1) is 10.8 Å². The maximum absolute atomic E-state index is 6.26. The van der Waals surface area contributed by atoms with Gasteiger partial charge < -0.3 is 10.5 Å². The SMILES string of the molecule is COC(c1ncc2c(n1)CC(C)(C)CC2N)C(C)(C)C. The van der Waals surface area contributed by atoms with E-state index in [0.717, 1.165) is 29.9 Å². The Hall–Kier alpha value is -1.00. The van der Waals surface area contributed by atoms with Crippen LogP contribution in [-0.4, -0.2) is 17.1 Å². The third-order valence-corrected chi connectivity index (χ3v) is 3.99. The van der Waals surface area contributed by atoms with Crippen molar-refractivity contribution < 1.29 is 4.74 Å². The highest BCUT2D eigenvalue weighted by Gasteiger charge is 2.34. The molecule has 2 N–H and O–H groups in total. The summed E-state index contributed by atoms with van der Waals surface area (Å²) >= 11 is 0. The van der Waals surface area contributed by atoms with Crippen LogP contribution in [-0.2, 0) is 11.2 Å². The Balaban J connectivity index is 2.41. The van der Waals surface area contributed by atoms with Gasteiger partial charge in [-0.15, -0.1) is 0 Å². The molecular formula is C16H27N3O. The van der Waals surface area contributed by atoms with Crippen molar-refractivity contribution in [2.45, 2.75) is 59.6 Å². The first-order valence-corrected chi connectivity index (χ1v) is 7.28. The minimum absolute atomic E-state index is 0.0325. The first kappa shape index (κ1) is 15.4. The van der Waals surface area contributed by atoms with Crippen LogP contribution >= 0.6 is 0 Å². The van der Waals surface area contributed by atoms with Crippen molar-refractivity contribution in [1.82, 2.24) is 9.97 Å². The van der Waals surface area contributed by atoms with Gasteiger partial charge in [0, 0.05) is 30.6 Å². The average molecular weight is 277 g/mol. The van der Waals surface area contributed by atoms with Gasteiger partial charge in [-0.3, -0.25) is 0 Å². The fourth-order valence-electron chi connectivity index (χ4n) is 3.10. The molecule has 0 bridgehead atoms. The van der Waals surface area contributed by atoms with E-state index in [1.165, 1.54) is 0 Å². The van der Waals surface area contributed by atoms with Crippen LogP contribution in [0.25, 0.3) is 0 Å². The first-order chi connectivity index (χ1) is 9.14. The third kappa shape index (κ3) is 3.01. The molecule has 2 unspecified atom stereocenters. The van der Waals surface area contributed by atoms with Crippen LogP contribution in [0.2, 0.25) is 0 Å². The number of ether oxygens (including phenoxy) is 1. The van der Waals surface area contributed by atoms with E-state index in [2.05, 4.69) is 39.6 Å². The highest BCUT2D eigenvalue weighted by atomic mass is 16.5. The van der Waals surface area contributed by atoms with Crippen LogP contribution in [0.1, 0.15) is 70.3 Å². The van der Waals surface area contributed by atoms with Gasteiger partial charge >= 0.3 is 0 Å². The van der Waals surface area contributed by atoms with Crippen LogP contribution in [0.3, 0.4) is 0 Å². The number of nitrogens with two attached hydrogens (primary N) is 1. The van der Waals surface area contributed by atoms with E-state index in [9.17, 15) is 0 Å². The number of hydrogen-bond donors (Lipinski definition) is 1. The number of rotatable bonds is 2. The minimum atomic E-state index is -0.103. The molecule has 1 aromatic rings. The molecule has 2 atom stereocenters. The number of hydrogen-bond acceptors (Lipinski definition) is 4. The molecule has 0 saturated carbocycles. The zero-order valence-corrected chi connectivity index (χ0v) is 13.5. The highest BCUT2D eigenvalue weighted by molar-refractivity contribution is 5.26. The molecule has 1 heterocycles. The van der Waals surface area contributed by atoms with Crippen molar-refractivity contribution in [3.05, 3.63) is 23.3 Å². The van der Waals surface area contributed by atoms with E-state index >= 15 is 0 Å². The lowest BCUT2D eigenvalue weighted by molar-refractivity contribution is 0.00828. The second-order valence-electron chi connectivity index (χ2n) is 7.76. The van der Waals surface area contributed by atoms with Crippen molar-refractivity contribution in [2.24, 2.45) is 16.6 Å². The highest BCUT2D eigenvalue weighted by Crippen LogP contribution is 2.40. The normalized spacial score (nSPS) is 23.2. The van der Waals surface area contributed by atoms with E-state index in [0.29, 0.717) is 0 Å². The third-order valence-electron chi connectivity index (χ3n) is 3.99. The van der Waals surface area contributed by atoms with Crippen molar-refractivity contribution in [3.63, 3.8) is 0 Å². The van der Waals surface area contributed by atoms with Gasteiger partial charge in [-0.05, 0) is 23.7 Å². The van der Waals surface area contributed by atoms with E-state index in [1.54, 1.807) is 7.11 Å².